The van der Waals surface area contributed by atoms with Crippen molar-refractivity contribution < 1.29 is 0 Å². The Kier molecular flexibility index (Phi) is 2.68. The summed E-state index contributed by atoms with van der Waals surface area (Å²) in [5.41, 5.74) is 0.0466. The average molecular weight is 284 g/mol. The average Bonchev–Trinajstić information content (AvgIpc) is 2.95. The van der Waals surface area contributed by atoms with Crippen molar-refractivity contribution in [3.05, 3.63) is 26.6 Å². The summed E-state index contributed by atoms with van der Waals surface area (Å²) in [7, 11) is 0. The largest absolute Gasteiger partial charge is 0.323 e. The van der Waals surface area contributed by atoms with Crippen LogP contribution in [0.5, 0.6) is 0 Å². The Morgan fingerprint density at radius 1 is 1.65 bits per heavy atom. The molecule has 0 spiro atoms. The zero-order chi connectivity index (χ0) is 12.0. The van der Waals surface area contributed by atoms with Crippen LogP contribution < -0.4 is 5.56 Å². The van der Waals surface area contributed by atoms with Gasteiger partial charge in [0.15, 0.2) is 4.77 Å². The second-order valence-electron chi connectivity index (χ2n) is 4.37. The van der Waals surface area contributed by atoms with Crippen LogP contribution in [0.4, 0.5) is 0 Å². The number of fused-ring (bicyclic) bond motifs is 1. The minimum atomic E-state index is 0.0466. The summed E-state index contributed by atoms with van der Waals surface area (Å²) in [4.78, 5) is 16.3. The number of H-pyrrole nitrogens is 1. The molecular formula is C11H12N2OS3. The van der Waals surface area contributed by atoms with Crippen molar-refractivity contribution in [2.45, 2.75) is 24.1 Å². The van der Waals surface area contributed by atoms with Gasteiger partial charge in [-0.25, -0.2) is 0 Å². The highest BCUT2D eigenvalue weighted by atomic mass is 32.2. The summed E-state index contributed by atoms with van der Waals surface area (Å²) >= 11 is 8.65. The van der Waals surface area contributed by atoms with Gasteiger partial charge in [0.2, 0.25) is 0 Å². The van der Waals surface area contributed by atoms with Gasteiger partial charge in [0.25, 0.3) is 5.56 Å². The lowest BCUT2D eigenvalue weighted by atomic mass is 10.3. The lowest BCUT2D eigenvalue weighted by Gasteiger charge is -2.14. The maximum Gasteiger partial charge on any atom is 0.263 e. The molecule has 1 N–H and O–H groups in total. The number of nitrogens with zero attached hydrogens (tertiary/aromatic N) is 1. The molecule has 17 heavy (non-hydrogen) atoms. The number of thiophene rings is 1. The van der Waals surface area contributed by atoms with E-state index in [2.05, 4.69) is 11.2 Å². The molecule has 1 saturated carbocycles. The SMILES string of the molecule is CSC1(Cn2c(=S)[nH]c3sccc3c2=O)CC1. The maximum atomic E-state index is 12.3. The summed E-state index contributed by atoms with van der Waals surface area (Å²) in [6, 6.07) is 1.86. The van der Waals surface area contributed by atoms with Crippen molar-refractivity contribution in [1.82, 2.24) is 9.55 Å². The van der Waals surface area contributed by atoms with E-state index >= 15 is 0 Å². The van der Waals surface area contributed by atoms with Crippen LogP contribution in [-0.2, 0) is 6.54 Å². The van der Waals surface area contributed by atoms with Gasteiger partial charge >= 0.3 is 0 Å². The first kappa shape index (κ1) is 11.5. The first-order valence-electron chi connectivity index (χ1n) is 5.41. The number of hydrogen-bond donors (Lipinski definition) is 1. The Hall–Kier alpha value is -0.590. The molecule has 0 aromatic carbocycles. The van der Waals surface area contributed by atoms with Crippen molar-refractivity contribution in [3.63, 3.8) is 0 Å². The van der Waals surface area contributed by atoms with Gasteiger partial charge in [-0.05, 0) is 42.8 Å². The van der Waals surface area contributed by atoms with Crippen LogP contribution in [-0.4, -0.2) is 20.6 Å². The lowest BCUT2D eigenvalue weighted by molar-refractivity contribution is 0.623. The number of nitrogens with one attached hydrogen (secondary N) is 1. The number of aromatic amines is 1. The molecule has 0 unspecified atom stereocenters. The highest BCUT2D eigenvalue weighted by Crippen LogP contribution is 2.48. The van der Waals surface area contributed by atoms with E-state index in [1.807, 2.05) is 23.2 Å². The molecule has 0 amide bonds. The highest BCUT2D eigenvalue weighted by Gasteiger charge is 2.42. The van der Waals surface area contributed by atoms with Gasteiger partial charge in [0.1, 0.15) is 4.83 Å². The van der Waals surface area contributed by atoms with Crippen molar-refractivity contribution in [1.29, 1.82) is 0 Å². The molecule has 2 aromatic rings. The topological polar surface area (TPSA) is 37.8 Å². The van der Waals surface area contributed by atoms with E-state index in [1.165, 1.54) is 24.2 Å². The normalized spacial score (nSPS) is 17.5. The van der Waals surface area contributed by atoms with Crippen molar-refractivity contribution >= 4 is 45.5 Å². The monoisotopic (exact) mass is 284 g/mol. The van der Waals surface area contributed by atoms with Crippen LogP contribution in [0.1, 0.15) is 12.8 Å². The lowest BCUT2D eigenvalue weighted by Crippen LogP contribution is -2.27. The summed E-state index contributed by atoms with van der Waals surface area (Å²) < 4.78 is 2.51. The van der Waals surface area contributed by atoms with Crippen LogP contribution >= 0.6 is 35.3 Å². The zero-order valence-electron chi connectivity index (χ0n) is 9.36. The van der Waals surface area contributed by atoms with E-state index < -0.39 is 0 Å². The van der Waals surface area contributed by atoms with Gasteiger partial charge in [-0.1, -0.05) is 0 Å². The van der Waals surface area contributed by atoms with Gasteiger partial charge in [0.05, 0.1) is 5.39 Å². The molecule has 3 nitrogen and oxygen atoms in total. The third-order valence-corrected chi connectivity index (χ3v) is 5.85. The van der Waals surface area contributed by atoms with Crippen molar-refractivity contribution in [2.75, 3.05) is 6.26 Å². The first-order chi connectivity index (χ1) is 8.15. The summed E-state index contributed by atoms with van der Waals surface area (Å²) in [5.74, 6) is 0. The molecule has 0 atom stereocenters. The Balaban J connectivity index is 2.15. The van der Waals surface area contributed by atoms with Gasteiger partial charge in [-0.2, -0.15) is 11.8 Å². The van der Waals surface area contributed by atoms with Crippen LogP contribution in [0, 0.1) is 4.77 Å². The molecule has 2 aromatic heterocycles. The van der Waals surface area contributed by atoms with E-state index in [9.17, 15) is 4.79 Å². The van der Waals surface area contributed by atoms with Gasteiger partial charge in [0, 0.05) is 11.3 Å². The molecule has 1 fully saturated rings. The third kappa shape index (κ3) is 1.88. The molecule has 0 bridgehead atoms. The molecular weight excluding hydrogens is 272 g/mol. The molecule has 2 heterocycles. The molecule has 6 heteroatoms. The van der Waals surface area contributed by atoms with E-state index in [4.69, 9.17) is 12.2 Å². The van der Waals surface area contributed by atoms with E-state index in [0.29, 0.717) is 4.77 Å². The zero-order valence-corrected chi connectivity index (χ0v) is 11.8. The Morgan fingerprint density at radius 3 is 3.06 bits per heavy atom. The number of aromatic nitrogens is 2. The van der Waals surface area contributed by atoms with Crippen LogP contribution in [0.2, 0.25) is 0 Å². The van der Waals surface area contributed by atoms with Gasteiger partial charge in [-0.3, -0.25) is 9.36 Å². The fraction of sp³-hybridized carbons (Fsp3) is 0.455. The molecule has 0 aliphatic heterocycles. The summed E-state index contributed by atoms with van der Waals surface area (Å²) in [5, 5.41) is 2.67. The van der Waals surface area contributed by atoms with Gasteiger partial charge in [-0.15, -0.1) is 11.3 Å². The van der Waals surface area contributed by atoms with E-state index in [-0.39, 0.29) is 10.3 Å². The molecule has 1 aliphatic rings. The minimum absolute atomic E-state index is 0.0466. The fourth-order valence-corrected chi connectivity index (χ4v) is 3.84. The van der Waals surface area contributed by atoms with Gasteiger partial charge < -0.3 is 4.98 Å². The summed E-state index contributed by atoms with van der Waals surface area (Å²) in [6.45, 7) is 0.730. The minimum Gasteiger partial charge on any atom is -0.323 e. The number of rotatable bonds is 3. The maximum absolute atomic E-state index is 12.3. The van der Waals surface area contributed by atoms with Crippen molar-refractivity contribution in [3.8, 4) is 0 Å². The fourth-order valence-electron chi connectivity index (χ4n) is 1.97. The van der Waals surface area contributed by atoms with Crippen molar-refractivity contribution in [2.24, 2.45) is 0 Å². The molecule has 3 rings (SSSR count). The molecule has 90 valence electrons. The Labute approximate surface area is 112 Å². The smallest absolute Gasteiger partial charge is 0.263 e. The van der Waals surface area contributed by atoms with E-state index in [1.54, 1.807) is 4.57 Å². The molecule has 1 aliphatic carbocycles. The second kappa shape index (κ2) is 3.96. The summed E-state index contributed by atoms with van der Waals surface area (Å²) in [6.07, 6.45) is 4.46. The van der Waals surface area contributed by atoms with Crippen LogP contribution in [0.3, 0.4) is 0 Å². The third-order valence-electron chi connectivity index (χ3n) is 3.29. The standard InChI is InChI=1S/C11H12N2OS3/c1-16-11(3-4-11)6-13-9(14)7-2-5-17-8(7)12-10(13)15/h2,5H,3-4,6H2,1H3,(H,12,15). The van der Waals surface area contributed by atoms with Crippen LogP contribution in [0.25, 0.3) is 10.2 Å². The number of hydrogen-bond acceptors (Lipinski definition) is 4. The second-order valence-corrected chi connectivity index (χ2v) is 6.95. The predicted molar refractivity (Wildman–Crippen MR) is 76.7 cm³/mol. The first-order valence-corrected chi connectivity index (χ1v) is 7.92. The Bertz CT molecular complexity index is 678. The molecule has 0 saturated heterocycles. The molecule has 0 radical (unpaired) electrons. The number of thioether (sulfide) groups is 1. The van der Waals surface area contributed by atoms with E-state index in [0.717, 1.165) is 16.8 Å². The highest BCUT2D eigenvalue weighted by molar-refractivity contribution is 8.00. The quantitative estimate of drug-likeness (QED) is 0.880. The van der Waals surface area contributed by atoms with Crippen LogP contribution in [0.15, 0.2) is 16.2 Å². The predicted octanol–water partition coefficient (Wildman–Crippen LogP) is 3.02. The Morgan fingerprint density at radius 2 is 2.41 bits per heavy atom.